The zero-order chi connectivity index (χ0) is 66.8. The Bertz CT molecular complexity index is 4640. The van der Waals surface area contributed by atoms with E-state index in [1.165, 1.54) is 7.11 Å². The molecule has 0 fully saturated rings. The van der Waals surface area contributed by atoms with E-state index in [-0.39, 0.29) is 17.2 Å². The molecule has 0 saturated carbocycles. The van der Waals surface area contributed by atoms with Crippen LogP contribution < -0.4 is 23.7 Å². The fourth-order valence-corrected chi connectivity index (χ4v) is 10.9. The van der Waals surface area contributed by atoms with E-state index in [9.17, 15) is 15.3 Å². The van der Waals surface area contributed by atoms with E-state index >= 15 is 0 Å². The van der Waals surface area contributed by atoms with Gasteiger partial charge in [0.15, 0.2) is 57.1 Å². The third kappa shape index (κ3) is 14.5. The molecule has 6 aromatic carbocycles. The molecule has 0 spiro atoms. The number of aromatic nitrogens is 12. The zero-order valence-electron chi connectivity index (χ0n) is 54.8. The van der Waals surface area contributed by atoms with E-state index in [1.807, 2.05) is 136 Å². The lowest BCUT2D eigenvalue weighted by molar-refractivity contribution is 0.355. The van der Waals surface area contributed by atoms with Crippen molar-refractivity contribution in [1.29, 1.82) is 0 Å². The average Bonchev–Trinajstić information content (AvgIpc) is 1.70. The number of methoxy groups -OCH3 is 5. The molecule has 0 radical (unpaired) electrons. The molecule has 12 rings (SSSR count). The topological polar surface area (TPSA) is 258 Å². The number of hydrogen-bond acceptors (Lipinski definition) is 18. The molecule has 0 aliphatic heterocycles. The van der Waals surface area contributed by atoms with Crippen LogP contribution in [0.25, 0.3) is 89.8 Å². The van der Waals surface area contributed by atoms with Crippen molar-refractivity contribution >= 4 is 44.7 Å². The van der Waals surface area contributed by atoms with Gasteiger partial charge in [0.05, 0.1) is 52.6 Å². The van der Waals surface area contributed by atoms with Crippen molar-refractivity contribution in [3.05, 3.63) is 154 Å². The number of fused-ring (bicyclic) bond motifs is 3. The van der Waals surface area contributed by atoms with Crippen molar-refractivity contribution in [2.24, 2.45) is 21.1 Å². The van der Waals surface area contributed by atoms with Gasteiger partial charge in [-0.2, -0.15) is 15.3 Å². The maximum Gasteiger partial charge on any atom is 0.161 e. The summed E-state index contributed by atoms with van der Waals surface area (Å²) >= 11 is 6.40. The summed E-state index contributed by atoms with van der Waals surface area (Å²) < 4.78 is 32.0. The van der Waals surface area contributed by atoms with Gasteiger partial charge in [-0.15, -0.1) is 0 Å². The highest BCUT2D eigenvalue weighted by Crippen LogP contribution is 2.39. The first kappa shape index (κ1) is 66.9. The molecule has 0 unspecified atom stereocenters. The van der Waals surface area contributed by atoms with Crippen LogP contribution in [-0.4, -0.2) is 115 Å². The molecule has 6 heterocycles. The molecule has 0 aliphatic carbocycles. The number of benzene rings is 6. The molecule has 0 aliphatic rings. The molecule has 93 heavy (non-hydrogen) atoms. The van der Waals surface area contributed by atoms with Crippen LogP contribution in [0.15, 0.2) is 115 Å². The Morgan fingerprint density at radius 3 is 1.09 bits per heavy atom. The second-order valence-corrected chi connectivity index (χ2v) is 22.4. The van der Waals surface area contributed by atoms with Crippen molar-refractivity contribution in [1.82, 2.24) is 59.2 Å². The van der Waals surface area contributed by atoms with E-state index < -0.39 is 0 Å². The number of hydrogen-bond donors (Lipinski definition) is 4. The highest BCUT2D eigenvalue weighted by molar-refractivity contribution is 6.33. The monoisotopic (exact) mass is 1280 g/mol. The summed E-state index contributed by atoms with van der Waals surface area (Å²) in [5.74, 6) is 5.43. The lowest BCUT2D eigenvalue weighted by Crippen LogP contribution is -1.99. The van der Waals surface area contributed by atoms with Crippen LogP contribution in [0.2, 0.25) is 5.15 Å². The van der Waals surface area contributed by atoms with E-state index in [4.69, 9.17) is 70.4 Å². The first-order valence-corrected chi connectivity index (χ1v) is 30.7. The lowest BCUT2D eigenvalue weighted by atomic mass is 10.1. The van der Waals surface area contributed by atoms with Crippen molar-refractivity contribution in [2.45, 2.75) is 80.1 Å². The molecule has 482 valence electrons. The minimum Gasteiger partial charge on any atom is -0.508 e. The minimum absolute atomic E-state index is 0.0284. The van der Waals surface area contributed by atoms with Crippen LogP contribution >= 0.6 is 11.6 Å². The zero-order valence-corrected chi connectivity index (χ0v) is 55.5. The molecule has 0 saturated heterocycles. The highest BCUT2D eigenvalue weighted by atomic mass is 35.5. The number of aromatic hydroxyl groups is 4. The Hall–Kier alpha value is -10.5. The van der Waals surface area contributed by atoms with Crippen LogP contribution in [0.4, 0.5) is 0 Å². The highest BCUT2D eigenvalue weighted by Gasteiger charge is 2.23. The van der Waals surface area contributed by atoms with Gasteiger partial charge in [-0.3, -0.25) is 14.0 Å². The van der Waals surface area contributed by atoms with Gasteiger partial charge in [0, 0.05) is 49.0 Å². The van der Waals surface area contributed by atoms with Gasteiger partial charge in [0.25, 0.3) is 0 Å². The normalized spacial score (nSPS) is 11.0. The summed E-state index contributed by atoms with van der Waals surface area (Å²) in [4.78, 5) is 28.6. The maximum absolute atomic E-state index is 10.2. The summed E-state index contributed by atoms with van der Waals surface area (Å²) in [5.41, 5.74) is 15.7. The van der Waals surface area contributed by atoms with Gasteiger partial charge in [-0.25, -0.2) is 29.9 Å². The number of ether oxygens (including phenoxy) is 5. The van der Waals surface area contributed by atoms with Gasteiger partial charge in [-0.1, -0.05) is 69.8 Å². The summed E-state index contributed by atoms with van der Waals surface area (Å²) in [7, 11) is 13.6. The Morgan fingerprint density at radius 1 is 0.366 bits per heavy atom. The summed E-state index contributed by atoms with van der Waals surface area (Å²) in [5, 5.41) is 53.4. The number of halogens is 1. The van der Waals surface area contributed by atoms with Crippen LogP contribution in [0, 0.1) is 20.8 Å². The van der Waals surface area contributed by atoms with Crippen LogP contribution in [0.1, 0.15) is 73.8 Å². The molecule has 0 atom stereocenters. The Balaban J connectivity index is 0.000000156. The first-order valence-electron chi connectivity index (χ1n) is 30.3. The van der Waals surface area contributed by atoms with Gasteiger partial charge >= 0.3 is 0 Å². The Morgan fingerprint density at radius 2 is 0.720 bits per heavy atom. The van der Waals surface area contributed by atoms with E-state index in [0.717, 1.165) is 139 Å². The second-order valence-electron chi connectivity index (χ2n) is 22.0. The number of rotatable bonds is 16. The van der Waals surface area contributed by atoms with E-state index in [1.54, 1.807) is 63.5 Å². The van der Waals surface area contributed by atoms with Crippen molar-refractivity contribution < 1.29 is 44.1 Å². The number of nitrogens with zero attached hydrogens (tertiary/aromatic N) is 12. The van der Waals surface area contributed by atoms with Crippen LogP contribution in [0.3, 0.4) is 0 Å². The first-order chi connectivity index (χ1) is 44.8. The Kier molecular flexibility index (Phi) is 21.3. The van der Waals surface area contributed by atoms with Crippen molar-refractivity contribution in [3.8, 4) is 108 Å². The SMILES string of the molecule is CCCc1nn(C)c2c(-c3ccc(O)c(C)c3)nc(-c3ccc(OC)c(O)c3)nc12.CCCc1nn(C)c2c(-c3ccc(O)c(C)c3)nc(-c3ccc(OC)c(OC)c3)nc12.CCCc1nn(C)c2c(Cl)nc(-c3ccc(OC)c(OC)c3)nc12.Cc1ccccc1O. The smallest absolute Gasteiger partial charge is 0.161 e. The van der Waals surface area contributed by atoms with Crippen molar-refractivity contribution in [2.75, 3.05) is 35.5 Å². The third-order valence-corrected chi connectivity index (χ3v) is 15.7. The summed E-state index contributed by atoms with van der Waals surface area (Å²) in [6.07, 6.45) is 5.37. The van der Waals surface area contributed by atoms with E-state index in [2.05, 4.69) is 36.0 Å². The number of para-hydroxylation sites is 1. The Labute approximate surface area is 544 Å². The predicted molar refractivity (Wildman–Crippen MR) is 363 cm³/mol. The van der Waals surface area contributed by atoms with Crippen molar-refractivity contribution in [3.63, 3.8) is 0 Å². The molecule has 4 N–H and O–H groups in total. The van der Waals surface area contributed by atoms with Gasteiger partial charge < -0.3 is 44.1 Å². The minimum atomic E-state index is 0.0284. The maximum atomic E-state index is 10.2. The average molecular weight is 1280 g/mol. The fourth-order valence-electron chi connectivity index (χ4n) is 10.6. The standard InChI is InChI=1S/C24H26N4O3.C23H24N4O3.C17H19ClN4O2.C7H8O/c1-6-7-17-22-23(28(3)27-17)21(15-8-10-18(29)14(2)12-15)25-24(26-22)16-9-11-19(30-4)20(13-16)31-5;1-5-6-16-21-22(27(3)26-16)20(14-7-9-17(28)13(2)11-14)24-23(25-21)15-8-10-19(30-4)18(29)12-15;1-5-6-11-14-15(22(2)21-11)16(18)20-17(19-14)10-7-8-12(23-3)13(9-10)24-4;1-6-4-2-3-5-7(6)8/h8-13,29H,6-7H2,1-5H3;7-12,28-29H,5-6H2,1-4H3;7-9H,5-6H2,1-4H3;2-5,8H,1H3. The number of phenols is 4. The molecular weight excluding hydrogens is 1200 g/mol. The molecule has 0 bridgehead atoms. The molecule has 12 aromatic rings. The molecule has 6 aromatic heterocycles. The largest absolute Gasteiger partial charge is 0.508 e. The summed E-state index contributed by atoms with van der Waals surface area (Å²) in [6, 6.07) is 34.5. The van der Waals surface area contributed by atoms with Gasteiger partial charge in [0.1, 0.15) is 61.7 Å². The molecule has 22 heteroatoms. The van der Waals surface area contributed by atoms with Crippen LogP contribution in [-0.2, 0) is 40.4 Å². The second kappa shape index (κ2) is 29.6. The van der Waals surface area contributed by atoms with Gasteiger partial charge in [0.2, 0.25) is 0 Å². The predicted octanol–water partition coefficient (Wildman–Crippen LogP) is 14.4. The van der Waals surface area contributed by atoms with E-state index in [0.29, 0.717) is 62.7 Å². The quantitative estimate of drug-likeness (QED) is 0.0656. The summed E-state index contributed by atoms with van der Waals surface area (Å²) in [6.45, 7) is 11.9. The number of aryl methyl sites for hydroxylation is 9. The number of phenolic OH excluding ortho intramolecular Hbond substituents is 4. The molecule has 0 amide bonds. The fraction of sp³-hybridized carbons (Fsp3) is 0.282. The lowest BCUT2D eigenvalue weighted by Gasteiger charge is -2.11. The molecular formula is C71H77ClN12O9. The molecule has 21 nitrogen and oxygen atoms in total. The third-order valence-electron chi connectivity index (χ3n) is 15.4. The van der Waals surface area contributed by atoms with Gasteiger partial charge in [-0.05, 0) is 154 Å². The van der Waals surface area contributed by atoms with Crippen LogP contribution in [0.5, 0.6) is 51.7 Å².